The molecule has 3 N–H and O–H groups in total. The van der Waals surface area contributed by atoms with Gasteiger partial charge in [-0.15, -0.1) is 0 Å². The Hall–Kier alpha value is -1.14. The fourth-order valence-corrected chi connectivity index (χ4v) is 4.35. The molecule has 1 amide bonds. The van der Waals surface area contributed by atoms with Crippen LogP contribution in [-0.4, -0.2) is 53.7 Å². The number of fused-ring (bicyclic) bond motifs is 2. The van der Waals surface area contributed by atoms with Crippen LogP contribution in [0.3, 0.4) is 0 Å². The summed E-state index contributed by atoms with van der Waals surface area (Å²) in [7, 11) is 0. The zero-order valence-corrected chi connectivity index (χ0v) is 12.2. The third-order valence-electron chi connectivity index (χ3n) is 5.46. The van der Waals surface area contributed by atoms with Crippen molar-refractivity contribution in [1.82, 2.24) is 4.90 Å². The Labute approximate surface area is 124 Å². The Morgan fingerprint density at radius 1 is 1.14 bits per heavy atom. The molecule has 0 radical (unpaired) electrons. The van der Waals surface area contributed by atoms with E-state index in [0.29, 0.717) is 24.9 Å². The minimum atomic E-state index is -0.943. The lowest BCUT2D eigenvalue weighted by Gasteiger charge is -2.36. The number of aliphatic carboxylic acids is 1. The van der Waals surface area contributed by atoms with Gasteiger partial charge in [0.25, 0.3) is 0 Å². The number of hydrogen-bond donors (Lipinski definition) is 2. The van der Waals surface area contributed by atoms with Crippen molar-refractivity contribution >= 4 is 11.9 Å². The van der Waals surface area contributed by atoms with E-state index in [2.05, 4.69) is 0 Å². The molecule has 2 bridgehead atoms. The van der Waals surface area contributed by atoms with Crippen LogP contribution in [0.5, 0.6) is 0 Å². The molecule has 3 rings (SSSR count). The van der Waals surface area contributed by atoms with E-state index in [0.717, 1.165) is 25.7 Å². The predicted octanol–water partition coefficient (Wildman–Crippen LogP) is 0.452. The number of piperidine rings is 1. The van der Waals surface area contributed by atoms with E-state index >= 15 is 0 Å². The first-order valence-electron chi connectivity index (χ1n) is 7.94. The lowest BCUT2D eigenvalue weighted by atomic mass is 9.83. The minimum Gasteiger partial charge on any atom is -0.480 e. The number of carboxylic acid groups (broad SMARTS) is 1. The summed E-state index contributed by atoms with van der Waals surface area (Å²) in [5.41, 5.74) is 6.24. The fourth-order valence-electron chi connectivity index (χ4n) is 4.35. The average molecular weight is 296 g/mol. The summed E-state index contributed by atoms with van der Waals surface area (Å²) in [6, 6.07) is 0.0391. The Bertz CT molecular complexity index is 418. The number of likely N-dealkylation sites (tertiary alicyclic amines) is 1. The predicted molar refractivity (Wildman–Crippen MR) is 75.5 cm³/mol. The van der Waals surface area contributed by atoms with Crippen LogP contribution in [0.1, 0.15) is 32.1 Å². The molecule has 21 heavy (non-hydrogen) atoms. The first kappa shape index (κ1) is 14.8. The molecule has 1 aliphatic heterocycles. The number of hydrogen-bond acceptors (Lipinski definition) is 4. The van der Waals surface area contributed by atoms with Crippen LogP contribution in [0.4, 0.5) is 0 Å². The van der Waals surface area contributed by atoms with Crippen molar-refractivity contribution < 1.29 is 19.4 Å². The minimum absolute atomic E-state index is 0.0141. The topological polar surface area (TPSA) is 92.9 Å². The van der Waals surface area contributed by atoms with Crippen molar-refractivity contribution in [2.24, 2.45) is 23.5 Å². The van der Waals surface area contributed by atoms with E-state index in [4.69, 9.17) is 15.6 Å². The number of nitrogens with two attached hydrogens (primary N) is 1. The van der Waals surface area contributed by atoms with Crippen molar-refractivity contribution in [3.63, 3.8) is 0 Å². The molecule has 4 atom stereocenters. The largest absolute Gasteiger partial charge is 0.480 e. The van der Waals surface area contributed by atoms with Crippen molar-refractivity contribution in [1.29, 1.82) is 0 Å². The number of carboxylic acids is 1. The van der Waals surface area contributed by atoms with Crippen molar-refractivity contribution in [2.45, 2.75) is 44.2 Å². The van der Waals surface area contributed by atoms with E-state index in [1.807, 2.05) is 4.90 Å². The fraction of sp³-hybridized carbons (Fsp3) is 0.867. The summed E-state index contributed by atoms with van der Waals surface area (Å²) >= 11 is 0. The molecule has 3 aliphatic rings. The number of rotatable bonds is 4. The normalized spacial score (nSPS) is 36.1. The third-order valence-corrected chi connectivity index (χ3v) is 5.46. The highest BCUT2D eigenvalue weighted by Crippen LogP contribution is 2.48. The van der Waals surface area contributed by atoms with Gasteiger partial charge in [-0.1, -0.05) is 0 Å². The van der Waals surface area contributed by atoms with Crippen LogP contribution in [0.25, 0.3) is 0 Å². The molecule has 2 saturated carbocycles. The number of carbonyl (C=O) groups excluding carboxylic acids is 1. The maximum atomic E-state index is 12.7. The van der Waals surface area contributed by atoms with Gasteiger partial charge in [0.15, 0.2) is 0 Å². The van der Waals surface area contributed by atoms with E-state index in [-0.39, 0.29) is 30.6 Å². The Morgan fingerprint density at radius 2 is 1.81 bits per heavy atom. The van der Waals surface area contributed by atoms with Gasteiger partial charge in [0, 0.05) is 19.1 Å². The molecule has 6 heteroatoms. The van der Waals surface area contributed by atoms with E-state index in [1.54, 1.807) is 0 Å². The van der Waals surface area contributed by atoms with Crippen LogP contribution in [-0.2, 0) is 14.3 Å². The second-order valence-corrected chi connectivity index (χ2v) is 6.67. The molecule has 0 aromatic carbocycles. The molecule has 1 heterocycles. The van der Waals surface area contributed by atoms with Crippen LogP contribution in [0, 0.1) is 17.8 Å². The Morgan fingerprint density at radius 3 is 2.38 bits per heavy atom. The summed E-state index contributed by atoms with van der Waals surface area (Å²) in [5.74, 6) is 0.312. The molecule has 0 aromatic heterocycles. The molecule has 2 aliphatic carbocycles. The zero-order chi connectivity index (χ0) is 15.0. The third kappa shape index (κ3) is 2.92. The first-order chi connectivity index (χ1) is 10.1. The van der Waals surface area contributed by atoms with Gasteiger partial charge in [-0.25, -0.2) is 4.79 Å². The van der Waals surface area contributed by atoms with E-state index in [1.165, 1.54) is 6.42 Å². The van der Waals surface area contributed by atoms with Crippen molar-refractivity contribution in [3.8, 4) is 0 Å². The molecular formula is C15H24N2O4. The SMILES string of the molecule is NC1C2CCC(C2)C1C(=O)N1CCC(OCC(=O)O)CC1. The smallest absolute Gasteiger partial charge is 0.329 e. The summed E-state index contributed by atoms with van der Waals surface area (Å²) in [5, 5.41) is 8.61. The first-order valence-corrected chi connectivity index (χ1v) is 7.94. The van der Waals surface area contributed by atoms with Crippen LogP contribution >= 0.6 is 0 Å². The van der Waals surface area contributed by atoms with Gasteiger partial charge in [0.05, 0.1) is 12.0 Å². The number of nitrogens with zero attached hydrogens (tertiary/aromatic N) is 1. The highest BCUT2D eigenvalue weighted by molar-refractivity contribution is 5.80. The molecule has 1 saturated heterocycles. The molecule has 0 aromatic rings. The van der Waals surface area contributed by atoms with E-state index in [9.17, 15) is 9.59 Å². The lowest BCUT2D eigenvalue weighted by molar-refractivity contribution is -0.148. The molecule has 0 spiro atoms. The second-order valence-electron chi connectivity index (χ2n) is 6.67. The summed E-state index contributed by atoms with van der Waals surface area (Å²) in [4.78, 5) is 25.1. The van der Waals surface area contributed by atoms with Gasteiger partial charge < -0.3 is 20.5 Å². The monoisotopic (exact) mass is 296 g/mol. The molecule has 6 nitrogen and oxygen atoms in total. The van der Waals surface area contributed by atoms with Gasteiger partial charge in [-0.05, 0) is 43.9 Å². The van der Waals surface area contributed by atoms with E-state index < -0.39 is 5.97 Å². The van der Waals surface area contributed by atoms with Gasteiger partial charge in [-0.3, -0.25) is 4.79 Å². The Kier molecular flexibility index (Phi) is 4.17. The Balaban J connectivity index is 1.50. The van der Waals surface area contributed by atoms with Gasteiger partial charge in [0.1, 0.15) is 6.61 Å². The maximum absolute atomic E-state index is 12.7. The highest BCUT2D eigenvalue weighted by atomic mass is 16.5. The number of carbonyl (C=O) groups is 2. The van der Waals surface area contributed by atoms with Gasteiger partial charge in [-0.2, -0.15) is 0 Å². The molecular weight excluding hydrogens is 272 g/mol. The summed E-state index contributed by atoms with van der Waals surface area (Å²) in [6.45, 7) is 1.06. The average Bonchev–Trinajstić information content (AvgIpc) is 3.06. The molecule has 4 unspecified atom stereocenters. The number of amides is 1. The summed E-state index contributed by atoms with van der Waals surface area (Å²) < 4.78 is 5.31. The quantitative estimate of drug-likeness (QED) is 0.786. The van der Waals surface area contributed by atoms with Crippen molar-refractivity contribution in [2.75, 3.05) is 19.7 Å². The highest BCUT2D eigenvalue weighted by Gasteiger charge is 2.50. The van der Waals surface area contributed by atoms with Gasteiger partial charge >= 0.3 is 5.97 Å². The maximum Gasteiger partial charge on any atom is 0.329 e. The lowest BCUT2D eigenvalue weighted by Crippen LogP contribution is -2.50. The van der Waals surface area contributed by atoms with Crippen molar-refractivity contribution in [3.05, 3.63) is 0 Å². The molecule has 3 fully saturated rings. The molecule has 118 valence electrons. The van der Waals surface area contributed by atoms with Gasteiger partial charge in [0.2, 0.25) is 5.91 Å². The number of ether oxygens (including phenoxy) is 1. The van der Waals surface area contributed by atoms with Crippen LogP contribution < -0.4 is 5.73 Å². The van der Waals surface area contributed by atoms with Crippen LogP contribution in [0.2, 0.25) is 0 Å². The van der Waals surface area contributed by atoms with Crippen LogP contribution in [0.15, 0.2) is 0 Å². The second kappa shape index (κ2) is 5.93. The standard InChI is InChI=1S/C15H24N2O4/c16-14-10-2-1-9(7-10)13(14)15(20)17-5-3-11(4-6-17)21-8-12(18)19/h9-11,13-14H,1-8,16H2,(H,18,19). The summed E-state index contributed by atoms with van der Waals surface area (Å²) in [6.07, 6.45) is 4.84. The zero-order valence-electron chi connectivity index (χ0n) is 12.2.